The number of Topliss-reactive ketones (excluding diaryl/α,β-unsaturated/α-hetero) is 1. The molecule has 0 saturated carbocycles. The van der Waals surface area contributed by atoms with Gasteiger partial charge in [0.2, 0.25) is 0 Å². The molecule has 0 spiro atoms. The van der Waals surface area contributed by atoms with Crippen LogP contribution in [0.25, 0.3) is 5.76 Å². The van der Waals surface area contributed by atoms with E-state index < -0.39 is 0 Å². The number of pyridine rings is 1. The Kier molecular flexibility index (Phi) is 5.97. The van der Waals surface area contributed by atoms with Crippen molar-refractivity contribution in [3.8, 4) is 0 Å². The summed E-state index contributed by atoms with van der Waals surface area (Å²) in [4.78, 5) is 21.4. The van der Waals surface area contributed by atoms with Crippen LogP contribution in [0.1, 0.15) is 21.5 Å². The van der Waals surface area contributed by atoms with Crippen molar-refractivity contribution in [2.24, 2.45) is 4.99 Å². The van der Waals surface area contributed by atoms with E-state index in [1.807, 2.05) is 12.1 Å². The number of rotatable bonds is 5. The number of carbonyl (C=O) groups is 1. The van der Waals surface area contributed by atoms with Crippen LogP contribution >= 0.6 is 12.2 Å². The molecule has 1 aromatic heterocycles. The second-order valence-electron chi connectivity index (χ2n) is 5.62. The molecule has 0 atom stereocenters. The second-order valence-corrected chi connectivity index (χ2v) is 6.01. The van der Waals surface area contributed by atoms with Crippen LogP contribution < -0.4 is 0 Å². The molecule has 0 unspecified atom stereocenters. The van der Waals surface area contributed by atoms with Gasteiger partial charge in [0, 0.05) is 35.3 Å². The third kappa shape index (κ3) is 4.59. The topological polar surface area (TPSA) is 62.5 Å². The minimum absolute atomic E-state index is 0.0730. The van der Waals surface area contributed by atoms with E-state index in [2.05, 4.69) is 9.98 Å². The fraction of sp³-hybridized carbons (Fsp3) is 0. The molecular weight excluding hydrogens is 356 g/mol. The van der Waals surface area contributed by atoms with Crippen molar-refractivity contribution in [1.29, 1.82) is 0 Å². The van der Waals surface area contributed by atoms with E-state index in [1.54, 1.807) is 73.1 Å². The molecule has 0 radical (unpaired) electrons. The number of nitrogens with zero attached hydrogens (tertiary/aromatic N) is 2. The number of aliphatic hydroxyl groups is 1. The zero-order valence-electron chi connectivity index (χ0n) is 14.3. The van der Waals surface area contributed by atoms with Gasteiger partial charge in [-0.05, 0) is 12.1 Å². The highest BCUT2D eigenvalue weighted by atomic mass is 32.1. The first-order valence-corrected chi connectivity index (χ1v) is 8.64. The number of carbonyl (C=O) groups excluding carboxylic acids is 1. The lowest BCUT2D eigenvalue weighted by Gasteiger charge is -2.07. The van der Waals surface area contributed by atoms with Crippen LogP contribution in [-0.2, 0) is 0 Å². The Hall–Kier alpha value is -3.44. The average Bonchev–Trinajstić information content (AvgIpc) is 2.75. The summed E-state index contributed by atoms with van der Waals surface area (Å²) in [5.74, 6) is -0.482. The molecule has 3 rings (SSSR count). The summed E-state index contributed by atoms with van der Waals surface area (Å²) < 4.78 is 0. The highest BCUT2D eigenvalue weighted by Crippen LogP contribution is 2.19. The number of hydrogen-bond acceptors (Lipinski definition) is 4. The Morgan fingerprint density at radius 1 is 0.852 bits per heavy atom. The molecule has 0 bridgehead atoms. The quantitative estimate of drug-likeness (QED) is 0.232. The number of aliphatic hydroxyl groups excluding tert-OH is 1. The van der Waals surface area contributed by atoms with E-state index in [0.717, 1.165) is 0 Å². The zero-order valence-corrected chi connectivity index (χ0v) is 15.1. The summed E-state index contributed by atoms with van der Waals surface area (Å²) in [5.41, 5.74) is 1.76. The van der Waals surface area contributed by atoms with E-state index >= 15 is 0 Å². The first-order chi connectivity index (χ1) is 13.2. The predicted octanol–water partition coefficient (Wildman–Crippen LogP) is 4.68. The largest absolute Gasteiger partial charge is 0.506 e. The number of benzene rings is 2. The maximum absolute atomic E-state index is 12.9. The van der Waals surface area contributed by atoms with E-state index in [-0.39, 0.29) is 17.1 Å². The summed E-state index contributed by atoms with van der Waals surface area (Å²) in [6.45, 7) is 0. The standard InChI is InChI=1S/C22H16N2O2S/c25-20(16-7-3-1-4-8-16)19(21(26)17-9-5-2-6-10-17)15-24-22(27)18-11-13-23-14-12-18/h1-15,25H. The summed E-state index contributed by atoms with van der Waals surface area (Å²) in [5, 5.41) is 10.7. The van der Waals surface area contributed by atoms with E-state index in [4.69, 9.17) is 12.2 Å². The maximum atomic E-state index is 12.9. The Labute approximate surface area is 162 Å². The molecule has 0 fully saturated rings. The van der Waals surface area contributed by atoms with Gasteiger partial charge in [-0.2, -0.15) is 0 Å². The molecule has 5 heteroatoms. The van der Waals surface area contributed by atoms with Gasteiger partial charge in [-0.15, -0.1) is 0 Å². The molecule has 1 heterocycles. The summed E-state index contributed by atoms with van der Waals surface area (Å²) in [6, 6.07) is 21.1. The van der Waals surface area contributed by atoms with Crippen LogP contribution in [0.2, 0.25) is 0 Å². The molecule has 0 aliphatic heterocycles. The van der Waals surface area contributed by atoms with Crippen molar-refractivity contribution in [2.75, 3.05) is 0 Å². The van der Waals surface area contributed by atoms with Crippen molar-refractivity contribution in [3.63, 3.8) is 0 Å². The normalized spacial score (nSPS) is 11.9. The molecule has 132 valence electrons. The minimum atomic E-state index is -0.335. The van der Waals surface area contributed by atoms with Gasteiger partial charge >= 0.3 is 0 Å². The molecule has 1 N–H and O–H groups in total. The summed E-state index contributed by atoms with van der Waals surface area (Å²) in [6.07, 6.45) is 4.55. The minimum Gasteiger partial charge on any atom is -0.506 e. The Morgan fingerprint density at radius 3 is 2.00 bits per heavy atom. The van der Waals surface area contributed by atoms with Crippen molar-refractivity contribution >= 4 is 35.0 Å². The van der Waals surface area contributed by atoms with Gasteiger partial charge in [0.25, 0.3) is 0 Å². The van der Waals surface area contributed by atoms with Crippen molar-refractivity contribution in [3.05, 3.63) is 107 Å². The van der Waals surface area contributed by atoms with Gasteiger partial charge in [0.15, 0.2) is 5.78 Å². The van der Waals surface area contributed by atoms with Crippen LogP contribution in [0.15, 0.2) is 95.8 Å². The lowest BCUT2D eigenvalue weighted by atomic mass is 10.00. The van der Waals surface area contributed by atoms with Gasteiger partial charge < -0.3 is 5.11 Å². The van der Waals surface area contributed by atoms with Crippen LogP contribution in [0, 0.1) is 0 Å². The van der Waals surface area contributed by atoms with Crippen LogP contribution in [0.5, 0.6) is 0 Å². The Balaban J connectivity index is 2.01. The van der Waals surface area contributed by atoms with Crippen molar-refractivity contribution < 1.29 is 9.90 Å². The van der Waals surface area contributed by atoms with Gasteiger partial charge in [-0.1, -0.05) is 72.9 Å². The van der Waals surface area contributed by atoms with E-state index in [1.165, 1.54) is 6.21 Å². The number of thiocarbonyl (C=S) groups is 1. The predicted molar refractivity (Wildman–Crippen MR) is 111 cm³/mol. The summed E-state index contributed by atoms with van der Waals surface area (Å²) >= 11 is 5.30. The second kappa shape index (κ2) is 8.78. The molecule has 0 saturated heterocycles. The molecule has 4 nitrogen and oxygen atoms in total. The monoisotopic (exact) mass is 372 g/mol. The molecule has 3 aromatic rings. The number of allylic oxidation sites excluding steroid dienone is 1. The molecular formula is C22H16N2O2S. The molecule has 0 aliphatic carbocycles. The first-order valence-electron chi connectivity index (χ1n) is 8.23. The van der Waals surface area contributed by atoms with Gasteiger partial charge in [-0.3, -0.25) is 9.78 Å². The number of hydrogen-bond donors (Lipinski definition) is 1. The zero-order chi connectivity index (χ0) is 19.1. The molecule has 0 amide bonds. The highest BCUT2D eigenvalue weighted by Gasteiger charge is 2.17. The van der Waals surface area contributed by atoms with E-state index in [0.29, 0.717) is 21.7 Å². The third-order valence-electron chi connectivity index (χ3n) is 3.82. The first kappa shape index (κ1) is 18.4. The van der Waals surface area contributed by atoms with Crippen molar-refractivity contribution in [1.82, 2.24) is 4.98 Å². The van der Waals surface area contributed by atoms with Gasteiger partial charge in [0.1, 0.15) is 10.7 Å². The van der Waals surface area contributed by atoms with Crippen molar-refractivity contribution in [2.45, 2.75) is 0 Å². The molecule has 2 aromatic carbocycles. The van der Waals surface area contributed by atoms with Crippen LogP contribution in [-0.4, -0.2) is 27.1 Å². The van der Waals surface area contributed by atoms with Crippen LogP contribution in [0.3, 0.4) is 0 Å². The fourth-order valence-electron chi connectivity index (χ4n) is 2.42. The fourth-order valence-corrected chi connectivity index (χ4v) is 2.60. The molecule has 0 aliphatic rings. The number of aromatic nitrogens is 1. The van der Waals surface area contributed by atoms with Gasteiger partial charge in [-0.25, -0.2) is 4.99 Å². The third-order valence-corrected chi connectivity index (χ3v) is 4.16. The lowest BCUT2D eigenvalue weighted by molar-refractivity contribution is 0.104. The number of ketones is 1. The highest BCUT2D eigenvalue weighted by molar-refractivity contribution is 7.80. The molecule has 27 heavy (non-hydrogen) atoms. The Bertz CT molecular complexity index is 998. The SMILES string of the molecule is O=C(C(C=NC(=S)c1ccncc1)=C(O)c1ccccc1)c1ccccc1. The smallest absolute Gasteiger partial charge is 0.198 e. The average molecular weight is 372 g/mol. The van der Waals surface area contributed by atoms with E-state index in [9.17, 15) is 9.90 Å². The Morgan fingerprint density at radius 2 is 1.41 bits per heavy atom. The number of aliphatic imine (C=N–C) groups is 1. The van der Waals surface area contributed by atoms with Crippen LogP contribution in [0.4, 0.5) is 0 Å². The summed E-state index contributed by atoms with van der Waals surface area (Å²) in [7, 11) is 0. The maximum Gasteiger partial charge on any atom is 0.198 e. The lowest BCUT2D eigenvalue weighted by Crippen LogP contribution is -2.09. The van der Waals surface area contributed by atoms with Gasteiger partial charge in [0.05, 0.1) is 5.57 Å².